The average Bonchev–Trinajstić information content (AvgIpc) is 2.72. The van der Waals surface area contributed by atoms with E-state index < -0.39 is 0 Å². The summed E-state index contributed by atoms with van der Waals surface area (Å²) in [6, 6.07) is 2.04. The first kappa shape index (κ1) is 13.3. The van der Waals surface area contributed by atoms with E-state index in [4.69, 9.17) is 12.2 Å². The first-order chi connectivity index (χ1) is 9.24. The Balaban J connectivity index is 1.80. The molecule has 1 aliphatic carbocycles. The summed E-state index contributed by atoms with van der Waals surface area (Å²) in [6.07, 6.45) is 10.0. The summed E-state index contributed by atoms with van der Waals surface area (Å²) >= 11 is 8.86. The van der Waals surface area contributed by atoms with Crippen molar-refractivity contribution in [2.45, 2.75) is 45.1 Å². The maximum Gasteiger partial charge on any atom is 0.179 e. The highest BCUT2D eigenvalue weighted by molar-refractivity contribution is 9.10. The van der Waals surface area contributed by atoms with Gasteiger partial charge in [0.25, 0.3) is 0 Å². The molecule has 0 atom stereocenters. The Labute approximate surface area is 126 Å². The number of halogens is 1. The highest BCUT2D eigenvalue weighted by Gasteiger charge is 2.14. The topological polar surface area (TPSA) is 33.6 Å². The van der Waals surface area contributed by atoms with Crippen LogP contribution in [0, 0.1) is 10.7 Å². The molecule has 1 saturated carbocycles. The Bertz CT molecular complexity index is 625. The average molecular weight is 340 g/mol. The lowest BCUT2D eigenvalue weighted by Crippen LogP contribution is -2.10. The van der Waals surface area contributed by atoms with Gasteiger partial charge in [-0.3, -0.25) is 0 Å². The summed E-state index contributed by atoms with van der Waals surface area (Å²) in [5, 5.41) is 0. The molecule has 0 radical (unpaired) electrons. The maximum atomic E-state index is 5.42. The number of fused-ring (bicyclic) bond motifs is 1. The number of pyridine rings is 1. The zero-order valence-corrected chi connectivity index (χ0v) is 13.3. The molecule has 3 rings (SSSR count). The van der Waals surface area contributed by atoms with Crippen molar-refractivity contribution in [1.82, 2.24) is 14.5 Å². The second kappa shape index (κ2) is 5.75. The molecule has 3 nitrogen and oxygen atoms in total. The first-order valence-corrected chi connectivity index (χ1v) is 8.18. The van der Waals surface area contributed by atoms with Gasteiger partial charge in [0.2, 0.25) is 0 Å². The van der Waals surface area contributed by atoms with Crippen LogP contribution in [-0.2, 0) is 6.54 Å². The second-order valence-corrected chi connectivity index (χ2v) is 6.70. The molecule has 2 aromatic heterocycles. The molecule has 1 N–H and O–H groups in total. The van der Waals surface area contributed by atoms with Gasteiger partial charge in [0.1, 0.15) is 0 Å². The zero-order chi connectivity index (χ0) is 13.2. The van der Waals surface area contributed by atoms with E-state index in [1.54, 1.807) is 0 Å². The Morgan fingerprint density at radius 1 is 1.37 bits per heavy atom. The molecule has 1 aliphatic rings. The van der Waals surface area contributed by atoms with Crippen LogP contribution in [0.2, 0.25) is 0 Å². The minimum atomic E-state index is 0.788. The van der Waals surface area contributed by atoms with Crippen LogP contribution in [0.3, 0.4) is 0 Å². The van der Waals surface area contributed by atoms with Crippen LogP contribution in [0.4, 0.5) is 0 Å². The third kappa shape index (κ3) is 2.92. The van der Waals surface area contributed by atoms with Crippen molar-refractivity contribution in [2.75, 3.05) is 0 Å². The lowest BCUT2D eigenvalue weighted by atomic mass is 9.87. The van der Waals surface area contributed by atoms with Gasteiger partial charge in [-0.25, -0.2) is 4.98 Å². The third-order valence-corrected chi connectivity index (χ3v) is 4.82. The maximum absolute atomic E-state index is 5.42. The predicted molar refractivity (Wildman–Crippen MR) is 83.8 cm³/mol. The fraction of sp³-hybridized carbons (Fsp3) is 0.571. The van der Waals surface area contributed by atoms with Crippen LogP contribution in [0.25, 0.3) is 11.2 Å². The fourth-order valence-electron chi connectivity index (χ4n) is 3.01. The van der Waals surface area contributed by atoms with E-state index in [0.29, 0.717) is 0 Å². The normalized spacial score (nSPS) is 17.1. The number of hydrogen-bond acceptors (Lipinski definition) is 2. The summed E-state index contributed by atoms with van der Waals surface area (Å²) < 4.78 is 3.92. The van der Waals surface area contributed by atoms with Gasteiger partial charge in [0.05, 0.1) is 5.52 Å². The Kier molecular flexibility index (Phi) is 4.03. The summed E-state index contributed by atoms with van der Waals surface area (Å²) in [7, 11) is 0. The van der Waals surface area contributed by atoms with Gasteiger partial charge in [0.15, 0.2) is 10.4 Å². The number of aromatic nitrogens is 3. The zero-order valence-electron chi connectivity index (χ0n) is 10.9. The Morgan fingerprint density at radius 3 is 2.95 bits per heavy atom. The molecule has 0 amide bonds. The number of aromatic amines is 1. The minimum Gasteiger partial charge on any atom is -0.329 e. The summed E-state index contributed by atoms with van der Waals surface area (Å²) in [6.45, 7) is 0.984. The van der Waals surface area contributed by atoms with Crippen molar-refractivity contribution in [2.24, 2.45) is 5.92 Å². The van der Waals surface area contributed by atoms with Crippen LogP contribution >= 0.6 is 28.1 Å². The monoisotopic (exact) mass is 339 g/mol. The SMILES string of the molecule is S=c1[nH]c2cc(Br)cnc2n1CCC1CCCCC1. The molecule has 0 saturated heterocycles. The molecular weight excluding hydrogens is 322 g/mol. The smallest absolute Gasteiger partial charge is 0.179 e. The third-order valence-electron chi connectivity index (χ3n) is 4.06. The van der Waals surface area contributed by atoms with E-state index in [9.17, 15) is 0 Å². The fourth-order valence-corrected chi connectivity index (χ4v) is 3.63. The van der Waals surface area contributed by atoms with Crippen molar-refractivity contribution >= 4 is 39.3 Å². The molecule has 0 spiro atoms. The molecule has 0 aromatic carbocycles. The Morgan fingerprint density at radius 2 is 2.16 bits per heavy atom. The predicted octanol–water partition coefficient (Wildman–Crippen LogP) is 4.83. The van der Waals surface area contributed by atoms with E-state index in [1.165, 1.54) is 38.5 Å². The number of imidazole rings is 1. The van der Waals surface area contributed by atoms with Gasteiger partial charge in [-0.05, 0) is 46.6 Å². The molecular formula is C14H18BrN3S. The van der Waals surface area contributed by atoms with E-state index in [0.717, 1.165) is 32.9 Å². The molecule has 19 heavy (non-hydrogen) atoms. The number of rotatable bonds is 3. The van der Waals surface area contributed by atoms with Gasteiger partial charge in [-0.1, -0.05) is 32.1 Å². The number of H-pyrrole nitrogens is 1. The summed E-state index contributed by atoms with van der Waals surface area (Å²) in [4.78, 5) is 7.72. The molecule has 2 aromatic rings. The van der Waals surface area contributed by atoms with Crippen molar-refractivity contribution in [1.29, 1.82) is 0 Å². The number of nitrogens with zero attached hydrogens (tertiary/aromatic N) is 2. The summed E-state index contributed by atoms with van der Waals surface area (Å²) in [5.41, 5.74) is 1.99. The van der Waals surface area contributed by atoms with Gasteiger partial charge in [-0.2, -0.15) is 0 Å². The molecule has 102 valence electrons. The van der Waals surface area contributed by atoms with Crippen LogP contribution in [0.15, 0.2) is 16.7 Å². The van der Waals surface area contributed by atoms with Gasteiger partial charge in [0, 0.05) is 17.2 Å². The quantitative estimate of drug-likeness (QED) is 0.812. The van der Waals surface area contributed by atoms with Gasteiger partial charge in [-0.15, -0.1) is 0 Å². The minimum absolute atomic E-state index is 0.788. The molecule has 5 heteroatoms. The Hall–Kier alpha value is -0.680. The van der Waals surface area contributed by atoms with Crippen LogP contribution < -0.4 is 0 Å². The highest BCUT2D eigenvalue weighted by Crippen LogP contribution is 2.27. The lowest BCUT2D eigenvalue weighted by molar-refractivity contribution is 0.324. The number of hydrogen-bond donors (Lipinski definition) is 1. The van der Waals surface area contributed by atoms with Crippen molar-refractivity contribution < 1.29 is 0 Å². The van der Waals surface area contributed by atoms with Crippen LogP contribution in [0.5, 0.6) is 0 Å². The van der Waals surface area contributed by atoms with Crippen molar-refractivity contribution in [3.63, 3.8) is 0 Å². The van der Waals surface area contributed by atoms with Crippen molar-refractivity contribution in [3.8, 4) is 0 Å². The molecule has 1 fully saturated rings. The highest BCUT2D eigenvalue weighted by atomic mass is 79.9. The van der Waals surface area contributed by atoms with Crippen molar-refractivity contribution in [3.05, 3.63) is 21.5 Å². The second-order valence-electron chi connectivity index (χ2n) is 5.40. The largest absolute Gasteiger partial charge is 0.329 e. The molecule has 0 bridgehead atoms. The molecule has 0 unspecified atom stereocenters. The van der Waals surface area contributed by atoms with Gasteiger partial charge >= 0.3 is 0 Å². The molecule has 0 aliphatic heterocycles. The summed E-state index contributed by atoms with van der Waals surface area (Å²) in [5.74, 6) is 0.871. The van der Waals surface area contributed by atoms with Gasteiger partial charge < -0.3 is 9.55 Å². The first-order valence-electron chi connectivity index (χ1n) is 6.98. The van der Waals surface area contributed by atoms with E-state index in [1.807, 2.05) is 12.3 Å². The number of nitrogens with one attached hydrogen (secondary N) is 1. The number of aryl methyl sites for hydroxylation is 1. The molecule has 2 heterocycles. The van der Waals surface area contributed by atoms with E-state index >= 15 is 0 Å². The van der Waals surface area contributed by atoms with E-state index in [-0.39, 0.29) is 0 Å². The standard InChI is InChI=1S/C14H18BrN3S/c15-11-8-12-13(16-9-11)18(14(19)17-12)7-6-10-4-2-1-3-5-10/h8-10H,1-7H2,(H,17,19). The van der Waals surface area contributed by atoms with Crippen LogP contribution in [-0.4, -0.2) is 14.5 Å². The van der Waals surface area contributed by atoms with Crippen LogP contribution in [0.1, 0.15) is 38.5 Å². The van der Waals surface area contributed by atoms with E-state index in [2.05, 4.69) is 30.5 Å². The lowest BCUT2D eigenvalue weighted by Gasteiger charge is -2.21.